The normalized spacial score (nSPS) is 13.8. The van der Waals surface area contributed by atoms with Crippen LogP contribution < -0.4 is 18.9 Å². The second kappa shape index (κ2) is 41.0. The Bertz CT molecular complexity index is 5800. The number of aliphatic hydroxyl groups excluding tert-OH is 2. The zero-order valence-electron chi connectivity index (χ0n) is 74.1. The Morgan fingerprint density at radius 3 is 0.968 bits per heavy atom. The number of hydrogen-bond donors (Lipinski definition) is 6. The molecule has 650 valence electrons. The fourth-order valence-electron chi connectivity index (χ4n) is 15.9. The van der Waals surface area contributed by atoms with Gasteiger partial charge in [-0.15, -0.1) is 26.8 Å². The predicted molar refractivity (Wildman–Crippen MR) is 486 cm³/mol. The molecule has 125 heavy (non-hydrogen) atoms. The summed E-state index contributed by atoms with van der Waals surface area (Å²) in [6, 6.07) is 55.2. The maximum atomic E-state index is 13.3. The SMILES string of the molecule is C#Cc1ccc(C2CN(C(=O)c3ccc(C)c(-c4[nH]nc(OCCO)c4C)c3)C2)cc1.CCOCCOc1n[nH]c(-c2cc(C(=O)N3CC(c4ccc(C)cc4)C3)ccc2C)c1C.COCCOc1n[nH]c(-c2cc(C(=O)N3CC(c4ccc(C)cc4)C3)ccc2C)c1C.Cc1ccc(C2CN(C(=O)c3cc(-c4[nH]nc(OCCO)c4C)c(C)cc3C)C2)cc1. The molecule has 0 spiro atoms. The third kappa shape index (κ3) is 21.0. The fourth-order valence-corrected chi connectivity index (χ4v) is 15.9. The number of nitrogens with zero attached hydrogens (tertiary/aromatic N) is 8. The number of benzene rings is 8. The molecule has 4 aromatic heterocycles. The van der Waals surface area contributed by atoms with E-state index in [0.29, 0.717) is 110 Å². The van der Waals surface area contributed by atoms with Crippen LogP contribution in [0.1, 0.15) is 167 Å². The molecule has 8 heterocycles. The molecular formula is C101H114N12O12. The molecular weight excluding hydrogens is 1570 g/mol. The Morgan fingerprint density at radius 1 is 0.368 bits per heavy atom. The molecule has 4 saturated heterocycles. The lowest BCUT2D eigenvalue weighted by Gasteiger charge is -2.40. The molecule has 0 radical (unpaired) electrons. The van der Waals surface area contributed by atoms with Crippen molar-refractivity contribution in [2.24, 2.45) is 0 Å². The third-order valence-corrected chi connectivity index (χ3v) is 23.9. The van der Waals surface area contributed by atoms with Gasteiger partial charge < -0.3 is 58.2 Å². The van der Waals surface area contributed by atoms with Gasteiger partial charge in [0.05, 0.1) is 49.2 Å². The highest BCUT2D eigenvalue weighted by Crippen LogP contribution is 2.40. The van der Waals surface area contributed by atoms with E-state index in [0.717, 1.165) is 145 Å². The van der Waals surface area contributed by atoms with Crippen LogP contribution in [0.25, 0.3) is 45.0 Å². The maximum Gasteiger partial charge on any atom is 0.254 e. The zero-order valence-corrected chi connectivity index (χ0v) is 74.1. The van der Waals surface area contributed by atoms with Crippen LogP contribution in [0.4, 0.5) is 0 Å². The van der Waals surface area contributed by atoms with Crippen LogP contribution in [-0.4, -0.2) is 213 Å². The van der Waals surface area contributed by atoms with Crippen molar-refractivity contribution in [1.29, 1.82) is 0 Å². The molecule has 0 aliphatic carbocycles. The molecule has 12 aromatic rings. The Labute approximate surface area is 732 Å². The molecule has 4 aliphatic rings. The quantitative estimate of drug-likeness (QED) is 0.0206. The lowest BCUT2D eigenvalue weighted by molar-refractivity contribution is 0.0595. The van der Waals surface area contributed by atoms with Gasteiger partial charge >= 0.3 is 0 Å². The van der Waals surface area contributed by atoms with Crippen LogP contribution in [-0.2, 0) is 9.47 Å². The first kappa shape index (κ1) is 89.8. The first-order valence-electron chi connectivity index (χ1n) is 42.7. The summed E-state index contributed by atoms with van der Waals surface area (Å²) in [5.41, 5.74) is 28.4. The van der Waals surface area contributed by atoms with Gasteiger partial charge in [-0.1, -0.05) is 132 Å². The van der Waals surface area contributed by atoms with Gasteiger partial charge in [0.15, 0.2) is 0 Å². The van der Waals surface area contributed by atoms with Crippen molar-refractivity contribution in [3.63, 3.8) is 0 Å². The minimum absolute atomic E-state index is 0.0201. The number of carbonyl (C=O) groups is 4. The van der Waals surface area contributed by atoms with Gasteiger partial charge in [0.25, 0.3) is 23.6 Å². The van der Waals surface area contributed by atoms with E-state index in [1.54, 1.807) is 7.11 Å². The summed E-state index contributed by atoms with van der Waals surface area (Å²) in [5, 5.41) is 47.2. The number of aliphatic hydroxyl groups is 2. The summed E-state index contributed by atoms with van der Waals surface area (Å²) in [6.45, 7) is 34.8. The van der Waals surface area contributed by atoms with E-state index in [9.17, 15) is 19.2 Å². The summed E-state index contributed by atoms with van der Waals surface area (Å²) in [5.74, 6) is 6.47. The minimum atomic E-state index is -0.0739. The van der Waals surface area contributed by atoms with Crippen molar-refractivity contribution in [3.05, 3.63) is 281 Å². The van der Waals surface area contributed by atoms with Crippen molar-refractivity contribution >= 4 is 23.6 Å². The largest absolute Gasteiger partial charge is 0.474 e. The van der Waals surface area contributed by atoms with Gasteiger partial charge in [0.1, 0.15) is 26.4 Å². The summed E-state index contributed by atoms with van der Waals surface area (Å²) < 4.78 is 32.7. The number of aromatic amines is 4. The number of rotatable bonds is 27. The molecule has 0 bridgehead atoms. The lowest BCUT2D eigenvalue weighted by atomic mass is 9.89. The van der Waals surface area contributed by atoms with Crippen molar-refractivity contribution in [1.82, 2.24) is 60.4 Å². The Balaban J connectivity index is 0.000000143. The van der Waals surface area contributed by atoms with E-state index in [1.165, 1.54) is 38.9 Å². The molecule has 8 aromatic carbocycles. The molecule has 24 nitrogen and oxygen atoms in total. The van der Waals surface area contributed by atoms with Crippen LogP contribution >= 0.6 is 0 Å². The topological polar surface area (TPSA) is 292 Å². The predicted octanol–water partition coefficient (Wildman–Crippen LogP) is 16.1. The van der Waals surface area contributed by atoms with Gasteiger partial charge in [-0.05, 0) is 195 Å². The van der Waals surface area contributed by atoms with E-state index < -0.39 is 0 Å². The highest BCUT2D eigenvalue weighted by molar-refractivity contribution is 5.99. The van der Waals surface area contributed by atoms with E-state index in [-0.39, 0.29) is 50.1 Å². The van der Waals surface area contributed by atoms with Gasteiger partial charge in [0, 0.05) is 162 Å². The molecule has 4 aliphatic heterocycles. The van der Waals surface area contributed by atoms with Crippen molar-refractivity contribution in [2.75, 3.05) is 119 Å². The van der Waals surface area contributed by atoms with Crippen LogP contribution in [0.3, 0.4) is 0 Å². The number of ether oxygens (including phenoxy) is 6. The van der Waals surface area contributed by atoms with Gasteiger partial charge in [-0.25, -0.2) is 0 Å². The number of likely N-dealkylation sites (tertiary alicyclic amines) is 4. The van der Waals surface area contributed by atoms with Crippen molar-refractivity contribution < 1.29 is 57.8 Å². The van der Waals surface area contributed by atoms with E-state index in [4.69, 9.17) is 45.1 Å². The highest BCUT2D eigenvalue weighted by atomic mass is 16.5. The minimum Gasteiger partial charge on any atom is -0.474 e. The Morgan fingerprint density at radius 2 is 0.664 bits per heavy atom. The number of aromatic nitrogens is 8. The van der Waals surface area contributed by atoms with Crippen LogP contribution in [0.2, 0.25) is 0 Å². The van der Waals surface area contributed by atoms with Crippen LogP contribution in [0.5, 0.6) is 23.5 Å². The van der Waals surface area contributed by atoms with Gasteiger partial charge in [-0.2, -0.15) is 0 Å². The average molecular weight is 1690 g/mol. The Kier molecular flexibility index (Phi) is 29.5. The van der Waals surface area contributed by atoms with E-state index in [1.807, 2.05) is 180 Å². The van der Waals surface area contributed by atoms with Gasteiger partial charge in [0.2, 0.25) is 23.5 Å². The van der Waals surface area contributed by atoms with E-state index >= 15 is 0 Å². The first-order valence-corrected chi connectivity index (χ1v) is 42.7. The number of nitrogens with one attached hydrogen (secondary N) is 4. The van der Waals surface area contributed by atoms with E-state index in [2.05, 4.69) is 140 Å². The van der Waals surface area contributed by atoms with Crippen molar-refractivity contribution in [2.45, 2.75) is 114 Å². The first-order chi connectivity index (χ1) is 60.3. The molecule has 16 rings (SSSR count). The third-order valence-electron chi connectivity index (χ3n) is 23.9. The summed E-state index contributed by atoms with van der Waals surface area (Å²) >= 11 is 0. The van der Waals surface area contributed by atoms with Crippen LogP contribution in [0, 0.1) is 95.4 Å². The van der Waals surface area contributed by atoms with Crippen molar-refractivity contribution in [3.8, 4) is 80.9 Å². The van der Waals surface area contributed by atoms with Crippen LogP contribution in [0.15, 0.2) is 164 Å². The number of terminal acetylenes is 1. The Hall–Kier alpha value is -12.9. The lowest BCUT2D eigenvalue weighted by Crippen LogP contribution is -2.48. The number of H-pyrrole nitrogens is 4. The average Bonchev–Trinajstić information content (AvgIpc) is 1.68. The zero-order chi connectivity index (χ0) is 88.7. The number of aryl methyl sites for hydroxylation is 8. The second-order valence-corrected chi connectivity index (χ2v) is 32.8. The number of amides is 4. The van der Waals surface area contributed by atoms with Gasteiger partial charge in [-0.3, -0.25) is 39.6 Å². The fraction of sp³-hybridized carbons (Fsp3) is 0.347. The highest BCUT2D eigenvalue weighted by Gasteiger charge is 2.37. The standard InChI is InChI=1S/C26H31N3O3.2C25H29N3O3.C25H25N3O3/c1-5-31-12-13-32-25-19(4)24(27-28-25)23-14-21(11-8-18(23)3)26(30)29-15-22(16-29)20-9-6-17(2)7-10-20;1-16-5-8-19(9-6-16)21-14-28(15-21)25(29)20-10-7-17(2)22(13-20)23-18(3)24(27-26-23)31-12-11-30-4;1-15-5-7-19(8-6-15)20-13-28(14-20)25(30)22-12-21(16(2)11-17(22)3)23-18(4)24(27-26-23)31-10-9-29;1-4-18-6-9-19(10-7-18)21-14-28(15-21)25(30)20-8-5-16(2)22(13-20)23-17(3)24(27-26-23)31-12-11-29/h6-11,14,22H,5,12-13,15-16H2,1-4H3,(H,27,28);5-10,13,21H,11-12,14-15H2,1-4H3,(H,26,27);5-8,11-12,20,29H,9-10,13-14H2,1-4H3,(H,26,27);1,5-10,13,21,29H,11-12,14-15H2,2-3H3,(H,26,27). The summed E-state index contributed by atoms with van der Waals surface area (Å²) in [6.07, 6.45) is 5.42. The molecule has 4 fully saturated rings. The molecule has 6 N–H and O–H groups in total. The molecule has 0 unspecified atom stereocenters. The number of methoxy groups -OCH3 is 1. The number of carbonyl (C=O) groups excluding carboxylic acids is 4. The second-order valence-electron chi connectivity index (χ2n) is 32.8. The summed E-state index contributed by atoms with van der Waals surface area (Å²) in [7, 11) is 1.64. The molecule has 4 amide bonds. The molecule has 24 heteroatoms. The maximum absolute atomic E-state index is 13.3. The number of hydrogen-bond acceptors (Lipinski definition) is 16. The summed E-state index contributed by atoms with van der Waals surface area (Å²) in [4.78, 5) is 60.1. The molecule has 0 saturated carbocycles. The molecule has 0 atom stereocenters. The monoisotopic (exact) mass is 1690 g/mol. The smallest absolute Gasteiger partial charge is 0.254 e.